The molecule has 0 radical (unpaired) electrons. The fourth-order valence-corrected chi connectivity index (χ4v) is 2.54. The zero-order valence-corrected chi connectivity index (χ0v) is 13.6. The summed E-state index contributed by atoms with van der Waals surface area (Å²) in [7, 11) is 0. The molecule has 6 heteroatoms. The second kappa shape index (κ2) is 7.61. The molecule has 2 rings (SSSR count). The van der Waals surface area contributed by atoms with Gasteiger partial charge < -0.3 is 15.0 Å². The summed E-state index contributed by atoms with van der Waals surface area (Å²) in [5, 5.41) is 3.32. The highest BCUT2D eigenvalue weighted by Crippen LogP contribution is 2.13. The summed E-state index contributed by atoms with van der Waals surface area (Å²) >= 11 is 5.90. The van der Waals surface area contributed by atoms with Gasteiger partial charge in [-0.2, -0.15) is 0 Å². The quantitative estimate of drug-likeness (QED) is 0.921. The van der Waals surface area contributed by atoms with E-state index in [2.05, 4.69) is 5.32 Å². The maximum Gasteiger partial charge on any atom is 0.251 e. The van der Waals surface area contributed by atoms with Crippen LogP contribution in [0.15, 0.2) is 24.3 Å². The molecule has 1 aromatic carbocycles. The molecule has 1 fully saturated rings. The molecule has 0 bridgehead atoms. The number of carbonyl (C=O) groups excluding carboxylic acids is 2. The summed E-state index contributed by atoms with van der Waals surface area (Å²) in [4.78, 5) is 26.7. The van der Waals surface area contributed by atoms with Gasteiger partial charge in [-0.25, -0.2) is 0 Å². The Hall–Kier alpha value is -1.59. The maximum absolute atomic E-state index is 12.6. The first kappa shape index (κ1) is 16.8. The van der Waals surface area contributed by atoms with E-state index in [1.807, 2.05) is 13.8 Å². The normalized spacial score (nSPS) is 16.5. The molecule has 2 amide bonds. The van der Waals surface area contributed by atoms with E-state index in [1.165, 1.54) is 0 Å². The van der Waals surface area contributed by atoms with Crippen LogP contribution in [0.25, 0.3) is 0 Å². The highest BCUT2D eigenvalue weighted by Gasteiger charge is 2.29. The first-order valence-electron chi connectivity index (χ1n) is 7.42. The second-order valence-corrected chi connectivity index (χ2v) is 6.08. The van der Waals surface area contributed by atoms with Crippen LogP contribution < -0.4 is 5.32 Å². The second-order valence-electron chi connectivity index (χ2n) is 5.64. The van der Waals surface area contributed by atoms with Gasteiger partial charge in [-0.15, -0.1) is 0 Å². The van der Waals surface area contributed by atoms with Crippen LogP contribution in [0.4, 0.5) is 0 Å². The summed E-state index contributed by atoms with van der Waals surface area (Å²) in [5.74, 6) is -0.352. The zero-order valence-electron chi connectivity index (χ0n) is 12.8. The van der Waals surface area contributed by atoms with Gasteiger partial charge in [0, 0.05) is 23.7 Å². The average molecular weight is 325 g/mol. The van der Waals surface area contributed by atoms with Gasteiger partial charge in [0.05, 0.1) is 13.2 Å². The number of halogens is 1. The average Bonchev–Trinajstić information content (AvgIpc) is 2.52. The van der Waals surface area contributed by atoms with Gasteiger partial charge >= 0.3 is 0 Å². The predicted molar refractivity (Wildman–Crippen MR) is 84.9 cm³/mol. The highest BCUT2D eigenvalue weighted by atomic mass is 35.5. The van der Waals surface area contributed by atoms with E-state index in [0.717, 1.165) is 0 Å². The number of ether oxygens (including phenoxy) is 1. The van der Waals surface area contributed by atoms with E-state index >= 15 is 0 Å². The van der Waals surface area contributed by atoms with Crippen molar-refractivity contribution >= 4 is 23.4 Å². The first-order valence-corrected chi connectivity index (χ1v) is 7.80. The summed E-state index contributed by atoms with van der Waals surface area (Å²) < 4.78 is 5.26. The van der Waals surface area contributed by atoms with Crippen LogP contribution in [-0.2, 0) is 9.53 Å². The van der Waals surface area contributed by atoms with E-state index in [4.69, 9.17) is 16.3 Å². The van der Waals surface area contributed by atoms with Crippen molar-refractivity contribution in [1.82, 2.24) is 10.2 Å². The number of rotatable bonds is 4. The first-order chi connectivity index (χ1) is 10.5. The highest BCUT2D eigenvalue weighted by molar-refractivity contribution is 6.31. The Balaban J connectivity index is 2.08. The van der Waals surface area contributed by atoms with E-state index in [9.17, 15) is 9.59 Å². The van der Waals surface area contributed by atoms with Gasteiger partial charge in [0.2, 0.25) is 5.91 Å². The number of nitrogens with one attached hydrogen (secondary N) is 1. The monoisotopic (exact) mass is 324 g/mol. The predicted octanol–water partition coefficient (Wildman–Crippen LogP) is 1.95. The molecule has 0 saturated carbocycles. The minimum absolute atomic E-state index is 0.00141. The van der Waals surface area contributed by atoms with Crippen molar-refractivity contribution in [3.8, 4) is 0 Å². The lowest BCUT2D eigenvalue weighted by molar-refractivity contribution is -0.138. The van der Waals surface area contributed by atoms with Crippen LogP contribution in [-0.4, -0.2) is 49.1 Å². The number of carbonyl (C=O) groups is 2. The Morgan fingerprint density at radius 3 is 2.55 bits per heavy atom. The Morgan fingerprint density at radius 1 is 1.27 bits per heavy atom. The summed E-state index contributed by atoms with van der Waals surface area (Å²) in [5.41, 5.74) is 0.452. The topological polar surface area (TPSA) is 58.6 Å². The number of hydrogen-bond acceptors (Lipinski definition) is 3. The van der Waals surface area contributed by atoms with E-state index in [0.29, 0.717) is 36.9 Å². The lowest BCUT2D eigenvalue weighted by Crippen LogP contribution is -2.53. The van der Waals surface area contributed by atoms with Crippen LogP contribution in [0, 0.1) is 5.92 Å². The third-order valence-electron chi connectivity index (χ3n) is 3.63. The molecule has 120 valence electrons. The Morgan fingerprint density at radius 2 is 1.95 bits per heavy atom. The van der Waals surface area contributed by atoms with Crippen molar-refractivity contribution in [3.05, 3.63) is 34.9 Å². The molecule has 0 unspecified atom stereocenters. The van der Waals surface area contributed by atoms with Crippen molar-refractivity contribution in [1.29, 1.82) is 0 Å². The molecular formula is C16H21ClN2O3. The zero-order chi connectivity index (χ0) is 16.1. The number of morpholine rings is 1. The maximum atomic E-state index is 12.6. The number of amides is 2. The van der Waals surface area contributed by atoms with Crippen LogP contribution in [0.3, 0.4) is 0 Å². The summed E-state index contributed by atoms with van der Waals surface area (Å²) in [6.07, 6.45) is 0. The van der Waals surface area contributed by atoms with Crippen molar-refractivity contribution in [2.75, 3.05) is 26.3 Å². The smallest absolute Gasteiger partial charge is 0.251 e. The minimum atomic E-state index is -0.551. The van der Waals surface area contributed by atoms with Gasteiger partial charge in [0.1, 0.15) is 6.04 Å². The fourth-order valence-electron chi connectivity index (χ4n) is 2.35. The molecule has 1 aliphatic heterocycles. The van der Waals surface area contributed by atoms with Crippen molar-refractivity contribution < 1.29 is 14.3 Å². The molecular weight excluding hydrogens is 304 g/mol. The van der Waals surface area contributed by atoms with Crippen LogP contribution in [0.5, 0.6) is 0 Å². The van der Waals surface area contributed by atoms with Gasteiger partial charge in [-0.1, -0.05) is 31.5 Å². The molecule has 1 heterocycles. The van der Waals surface area contributed by atoms with E-state index < -0.39 is 6.04 Å². The molecule has 1 aromatic rings. The van der Waals surface area contributed by atoms with E-state index in [1.54, 1.807) is 29.2 Å². The molecule has 1 N–H and O–H groups in total. The molecule has 1 atom stereocenters. The largest absolute Gasteiger partial charge is 0.378 e. The SMILES string of the molecule is CC(C)[C@@H](NC(=O)c1cccc(Cl)c1)C(=O)N1CCOCC1. The van der Waals surface area contributed by atoms with E-state index in [-0.39, 0.29) is 17.7 Å². The van der Waals surface area contributed by atoms with Gasteiger partial charge in [-0.05, 0) is 24.1 Å². The molecule has 1 aliphatic rings. The fraction of sp³-hybridized carbons (Fsp3) is 0.500. The van der Waals surface area contributed by atoms with Crippen LogP contribution in [0.1, 0.15) is 24.2 Å². The number of hydrogen-bond donors (Lipinski definition) is 1. The molecule has 0 spiro atoms. The van der Waals surface area contributed by atoms with Gasteiger partial charge in [0.25, 0.3) is 5.91 Å². The molecule has 0 aliphatic carbocycles. The summed E-state index contributed by atoms with van der Waals surface area (Å²) in [6, 6.07) is 6.14. The molecule has 5 nitrogen and oxygen atoms in total. The van der Waals surface area contributed by atoms with Crippen molar-refractivity contribution in [2.24, 2.45) is 5.92 Å². The Bertz CT molecular complexity index is 542. The Labute approximate surface area is 135 Å². The van der Waals surface area contributed by atoms with Gasteiger partial charge in [-0.3, -0.25) is 9.59 Å². The third kappa shape index (κ3) is 4.21. The van der Waals surface area contributed by atoms with Gasteiger partial charge in [0.15, 0.2) is 0 Å². The lowest BCUT2D eigenvalue weighted by Gasteiger charge is -2.32. The number of benzene rings is 1. The third-order valence-corrected chi connectivity index (χ3v) is 3.86. The van der Waals surface area contributed by atoms with Crippen LogP contribution in [0.2, 0.25) is 5.02 Å². The lowest BCUT2D eigenvalue weighted by atomic mass is 10.0. The van der Waals surface area contributed by atoms with Crippen LogP contribution >= 0.6 is 11.6 Å². The standard InChI is InChI=1S/C16H21ClN2O3/c1-11(2)14(16(21)19-6-8-22-9-7-19)18-15(20)12-4-3-5-13(17)10-12/h3-5,10-11,14H,6-9H2,1-2H3,(H,18,20)/t14-/m1/s1. The minimum Gasteiger partial charge on any atom is -0.378 e. The summed E-state index contributed by atoms with van der Waals surface area (Å²) in [6.45, 7) is 6.05. The molecule has 0 aromatic heterocycles. The van der Waals surface area contributed by atoms with Crippen molar-refractivity contribution in [3.63, 3.8) is 0 Å². The Kier molecular flexibility index (Phi) is 5.80. The van der Waals surface area contributed by atoms with Crippen molar-refractivity contribution in [2.45, 2.75) is 19.9 Å². The molecule has 22 heavy (non-hydrogen) atoms. The number of nitrogens with zero attached hydrogens (tertiary/aromatic N) is 1. The molecule has 1 saturated heterocycles.